The lowest BCUT2D eigenvalue weighted by atomic mass is 10.3. The smallest absolute Gasteiger partial charge is 0.322 e. The number of carbonyl (C=O) groups excluding carboxylic acids is 2. The summed E-state index contributed by atoms with van der Waals surface area (Å²) >= 11 is 1.67. The van der Waals surface area contributed by atoms with Gasteiger partial charge in [0.1, 0.15) is 6.54 Å². The Hall–Kier alpha value is -2.02. The number of thioether (sulfide) groups is 1. The van der Waals surface area contributed by atoms with Crippen LogP contribution in [0.3, 0.4) is 0 Å². The van der Waals surface area contributed by atoms with Gasteiger partial charge in [-0.05, 0) is 24.3 Å². The van der Waals surface area contributed by atoms with E-state index in [-0.39, 0.29) is 12.5 Å². The lowest BCUT2D eigenvalue weighted by Gasteiger charge is -2.05. The molecule has 1 aromatic carbocycles. The fraction of sp³-hybridized carbons (Fsp3) is 0.357. The molecule has 0 bridgehead atoms. The average molecular weight is 310 g/mol. The van der Waals surface area contributed by atoms with Crippen LogP contribution in [0.5, 0.6) is 0 Å². The van der Waals surface area contributed by atoms with Gasteiger partial charge in [0.05, 0.1) is 6.54 Å². The van der Waals surface area contributed by atoms with Gasteiger partial charge in [-0.1, -0.05) is 18.2 Å². The van der Waals surface area contributed by atoms with Crippen molar-refractivity contribution in [1.82, 2.24) is 10.6 Å². The Morgan fingerprint density at radius 3 is 2.33 bits per heavy atom. The summed E-state index contributed by atoms with van der Waals surface area (Å²) < 4.78 is 0. The molecule has 0 saturated carbocycles. The van der Waals surface area contributed by atoms with Crippen LogP contribution in [0.4, 0.5) is 0 Å². The first-order valence-corrected chi connectivity index (χ1v) is 7.49. The molecular weight excluding hydrogens is 292 g/mol. The van der Waals surface area contributed by atoms with Gasteiger partial charge in [0, 0.05) is 11.3 Å². The Bertz CT molecular complexity index is 479. The number of benzene rings is 1. The van der Waals surface area contributed by atoms with Gasteiger partial charge < -0.3 is 15.7 Å². The summed E-state index contributed by atoms with van der Waals surface area (Å²) in [5.41, 5.74) is 0. The highest BCUT2D eigenvalue weighted by Gasteiger charge is 2.06. The van der Waals surface area contributed by atoms with Crippen molar-refractivity contribution in [2.75, 3.05) is 18.8 Å². The fourth-order valence-corrected chi connectivity index (χ4v) is 2.32. The maximum absolute atomic E-state index is 11.5. The molecule has 1 rings (SSSR count). The summed E-state index contributed by atoms with van der Waals surface area (Å²) in [6, 6.07) is 9.90. The molecule has 0 aliphatic rings. The Morgan fingerprint density at radius 1 is 1.00 bits per heavy atom. The molecule has 3 N–H and O–H groups in total. The molecule has 0 spiro atoms. The van der Waals surface area contributed by atoms with E-state index in [1.165, 1.54) is 0 Å². The molecular formula is C14H18N2O4S. The van der Waals surface area contributed by atoms with Gasteiger partial charge in [-0.2, -0.15) is 0 Å². The normalized spacial score (nSPS) is 9.90. The molecule has 0 aromatic heterocycles. The molecule has 2 amide bonds. The second-order valence-corrected chi connectivity index (χ2v) is 5.38. The number of hydrogen-bond acceptors (Lipinski definition) is 4. The van der Waals surface area contributed by atoms with Gasteiger partial charge >= 0.3 is 5.97 Å². The third-order valence-corrected chi connectivity index (χ3v) is 3.54. The van der Waals surface area contributed by atoms with Crippen LogP contribution in [-0.4, -0.2) is 41.7 Å². The van der Waals surface area contributed by atoms with Gasteiger partial charge in [0.2, 0.25) is 11.8 Å². The van der Waals surface area contributed by atoms with Crippen LogP contribution >= 0.6 is 11.8 Å². The highest BCUT2D eigenvalue weighted by atomic mass is 32.2. The summed E-state index contributed by atoms with van der Waals surface area (Å²) in [5, 5.41) is 13.0. The fourth-order valence-electron chi connectivity index (χ4n) is 1.44. The molecule has 0 heterocycles. The molecule has 0 aliphatic carbocycles. The molecule has 0 fully saturated rings. The number of carboxylic acid groups (broad SMARTS) is 1. The summed E-state index contributed by atoms with van der Waals surface area (Å²) in [7, 11) is 0. The first kappa shape index (κ1) is 17.0. The Kier molecular flexibility index (Phi) is 7.96. The van der Waals surface area contributed by atoms with Crippen LogP contribution in [-0.2, 0) is 14.4 Å². The number of hydrogen-bond donors (Lipinski definition) is 3. The minimum absolute atomic E-state index is 0.196. The van der Waals surface area contributed by atoms with Crippen molar-refractivity contribution < 1.29 is 19.5 Å². The number of nitrogens with one attached hydrogen (secondary N) is 2. The highest BCUT2D eigenvalue weighted by Crippen LogP contribution is 2.18. The zero-order valence-corrected chi connectivity index (χ0v) is 12.3. The van der Waals surface area contributed by atoms with Crippen molar-refractivity contribution in [2.45, 2.75) is 17.7 Å². The molecule has 0 radical (unpaired) electrons. The van der Waals surface area contributed by atoms with E-state index in [1.54, 1.807) is 11.8 Å². The average Bonchev–Trinajstić information content (AvgIpc) is 2.48. The maximum Gasteiger partial charge on any atom is 0.322 e. The number of amides is 2. The van der Waals surface area contributed by atoms with Crippen molar-refractivity contribution in [1.29, 1.82) is 0 Å². The topological polar surface area (TPSA) is 95.5 Å². The van der Waals surface area contributed by atoms with Crippen LogP contribution in [0, 0.1) is 0 Å². The summed E-state index contributed by atoms with van der Waals surface area (Å²) in [5.74, 6) is -1.02. The van der Waals surface area contributed by atoms with Gasteiger partial charge in [-0.15, -0.1) is 11.8 Å². The number of carbonyl (C=O) groups is 3. The molecule has 0 unspecified atom stereocenters. The minimum atomic E-state index is -1.12. The van der Waals surface area contributed by atoms with Gasteiger partial charge in [0.15, 0.2) is 0 Å². The van der Waals surface area contributed by atoms with E-state index in [4.69, 9.17) is 5.11 Å². The van der Waals surface area contributed by atoms with Gasteiger partial charge in [-0.25, -0.2) is 0 Å². The molecule has 7 heteroatoms. The third kappa shape index (κ3) is 8.69. The molecule has 6 nitrogen and oxygen atoms in total. The van der Waals surface area contributed by atoms with Crippen LogP contribution in [0.1, 0.15) is 12.8 Å². The largest absolute Gasteiger partial charge is 0.480 e. The lowest BCUT2D eigenvalue weighted by Crippen LogP contribution is -2.38. The van der Waals surface area contributed by atoms with Gasteiger partial charge in [-0.3, -0.25) is 14.4 Å². The van der Waals surface area contributed by atoms with E-state index >= 15 is 0 Å². The van der Waals surface area contributed by atoms with Gasteiger partial charge in [0.25, 0.3) is 0 Å². The second-order valence-electron chi connectivity index (χ2n) is 4.21. The molecule has 1 aromatic rings. The highest BCUT2D eigenvalue weighted by molar-refractivity contribution is 7.99. The van der Waals surface area contributed by atoms with E-state index < -0.39 is 18.4 Å². The Morgan fingerprint density at radius 2 is 1.67 bits per heavy atom. The van der Waals surface area contributed by atoms with Crippen LogP contribution < -0.4 is 10.6 Å². The van der Waals surface area contributed by atoms with Crippen molar-refractivity contribution >= 4 is 29.5 Å². The van der Waals surface area contributed by atoms with Crippen molar-refractivity contribution in [3.05, 3.63) is 30.3 Å². The monoisotopic (exact) mass is 310 g/mol. The van der Waals surface area contributed by atoms with Crippen LogP contribution in [0.2, 0.25) is 0 Å². The number of aliphatic carboxylic acids is 1. The molecule has 0 saturated heterocycles. The van der Waals surface area contributed by atoms with Crippen molar-refractivity contribution in [3.8, 4) is 0 Å². The minimum Gasteiger partial charge on any atom is -0.480 e. The number of rotatable bonds is 9. The van der Waals surface area contributed by atoms with Crippen molar-refractivity contribution in [3.63, 3.8) is 0 Å². The van der Waals surface area contributed by atoms with E-state index in [0.29, 0.717) is 12.8 Å². The first-order chi connectivity index (χ1) is 10.1. The summed E-state index contributed by atoms with van der Waals surface area (Å²) in [6.07, 6.45) is 1.05. The first-order valence-electron chi connectivity index (χ1n) is 6.51. The maximum atomic E-state index is 11.5. The zero-order chi connectivity index (χ0) is 15.5. The SMILES string of the molecule is O=C(O)CNC(=O)CNC(=O)CCCSc1ccccc1. The van der Waals surface area contributed by atoms with Crippen molar-refractivity contribution in [2.24, 2.45) is 0 Å². The van der Waals surface area contributed by atoms with Crippen LogP contribution in [0.25, 0.3) is 0 Å². The van der Waals surface area contributed by atoms with E-state index in [9.17, 15) is 14.4 Å². The quantitative estimate of drug-likeness (QED) is 0.465. The molecule has 0 atom stereocenters. The standard InChI is InChI=1S/C14H18N2O4S/c17-12(15-9-13(18)16-10-14(19)20)7-4-8-21-11-5-2-1-3-6-11/h1-3,5-6H,4,7-10H2,(H,15,17)(H,16,18)(H,19,20). The Balaban J connectivity index is 2.06. The van der Waals surface area contributed by atoms with E-state index in [2.05, 4.69) is 10.6 Å². The second kappa shape index (κ2) is 9.82. The molecule has 21 heavy (non-hydrogen) atoms. The summed E-state index contributed by atoms with van der Waals surface area (Å²) in [4.78, 5) is 34.0. The summed E-state index contributed by atoms with van der Waals surface area (Å²) in [6.45, 7) is -0.639. The third-order valence-electron chi connectivity index (χ3n) is 2.44. The van der Waals surface area contributed by atoms with Crippen LogP contribution in [0.15, 0.2) is 35.2 Å². The molecule has 0 aliphatic heterocycles. The Labute approximate surface area is 127 Å². The predicted molar refractivity (Wildman–Crippen MR) is 80.1 cm³/mol. The number of carboxylic acids is 1. The van der Waals surface area contributed by atoms with E-state index in [1.807, 2.05) is 30.3 Å². The zero-order valence-electron chi connectivity index (χ0n) is 11.5. The predicted octanol–water partition coefficient (Wildman–Crippen LogP) is 0.876. The van der Waals surface area contributed by atoms with E-state index in [0.717, 1.165) is 10.6 Å². The lowest BCUT2D eigenvalue weighted by molar-refractivity contribution is -0.137. The molecule has 114 valence electrons.